The molecule has 7 heteroatoms. The smallest absolute Gasteiger partial charge is 0.243 e. The number of benzene rings is 2. The molecule has 1 saturated heterocycles. The van der Waals surface area contributed by atoms with Crippen molar-refractivity contribution in [1.29, 1.82) is 0 Å². The quantitative estimate of drug-likeness (QED) is 0.922. The van der Waals surface area contributed by atoms with Crippen molar-refractivity contribution < 1.29 is 13.5 Å². The molecule has 1 aliphatic heterocycles. The molecule has 0 atom stereocenters. The second-order valence-corrected chi connectivity index (χ2v) is 7.71. The van der Waals surface area contributed by atoms with Gasteiger partial charge in [-0.15, -0.1) is 0 Å². The summed E-state index contributed by atoms with van der Waals surface area (Å²) in [7, 11) is -3.54. The van der Waals surface area contributed by atoms with Crippen LogP contribution in [0.15, 0.2) is 53.4 Å². The topological polar surface area (TPSA) is 60.9 Å². The van der Waals surface area contributed by atoms with Gasteiger partial charge in [-0.05, 0) is 30.3 Å². The summed E-state index contributed by atoms with van der Waals surface area (Å²) in [6.07, 6.45) is 0. The maximum absolute atomic E-state index is 12.6. The number of hydrogen-bond acceptors (Lipinski definition) is 4. The minimum absolute atomic E-state index is 0.207. The van der Waals surface area contributed by atoms with Gasteiger partial charge >= 0.3 is 0 Å². The monoisotopic (exact) mass is 352 g/mol. The number of phenols is 1. The Hall–Kier alpha value is -1.76. The van der Waals surface area contributed by atoms with Crippen molar-refractivity contribution in [2.24, 2.45) is 0 Å². The fraction of sp³-hybridized carbons (Fsp3) is 0.250. The molecule has 0 unspecified atom stereocenters. The molecular formula is C16H17ClN2O3S. The number of rotatable bonds is 3. The van der Waals surface area contributed by atoms with E-state index in [9.17, 15) is 13.5 Å². The normalized spacial score (nSPS) is 16.5. The number of aromatic hydroxyl groups is 1. The van der Waals surface area contributed by atoms with Gasteiger partial charge in [0, 0.05) is 31.2 Å². The lowest BCUT2D eigenvalue weighted by Crippen LogP contribution is -2.48. The Morgan fingerprint density at radius 2 is 1.65 bits per heavy atom. The van der Waals surface area contributed by atoms with E-state index >= 15 is 0 Å². The standard InChI is InChI=1S/C16H17ClN2O3S/c17-13-4-3-5-14(12-13)23(21,22)19-10-8-18(9-11-19)15-6-1-2-7-16(15)20/h1-7,12,20H,8-11H2. The zero-order valence-electron chi connectivity index (χ0n) is 12.4. The lowest BCUT2D eigenvalue weighted by atomic mass is 10.2. The number of nitrogens with zero attached hydrogens (tertiary/aromatic N) is 2. The van der Waals surface area contributed by atoms with E-state index in [4.69, 9.17) is 11.6 Å². The highest BCUT2D eigenvalue weighted by Crippen LogP contribution is 2.28. The van der Waals surface area contributed by atoms with Gasteiger partial charge in [-0.1, -0.05) is 29.8 Å². The first-order valence-electron chi connectivity index (χ1n) is 7.27. The second-order valence-electron chi connectivity index (χ2n) is 5.34. The summed E-state index contributed by atoms with van der Waals surface area (Å²) in [5.74, 6) is 0.207. The van der Waals surface area contributed by atoms with Crippen molar-refractivity contribution in [3.63, 3.8) is 0 Å². The number of piperazine rings is 1. The molecular weight excluding hydrogens is 336 g/mol. The summed E-state index contributed by atoms with van der Waals surface area (Å²) in [5, 5.41) is 10.3. The minimum atomic E-state index is -3.54. The molecule has 0 aliphatic carbocycles. The van der Waals surface area contributed by atoms with Gasteiger partial charge in [0.05, 0.1) is 10.6 Å². The summed E-state index contributed by atoms with van der Waals surface area (Å²) in [6, 6.07) is 13.4. The fourth-order valence-corrected chi connectivity index (χ4v) is 4.40. The van der Waals surface area contributed by atoms with Crippen molar-refractivity contribution in [1.82, 2.24) is 4.31 Å². The molecule has 1 fully saturated rings. The fourth-order valence-electron chi connectivity index (χ4n) is 2.68. The number of anilines is 1. The zero-order valence-corrected chi connectivity index (χ0v) is 14.0. The molecule has 122 valence electrons. The van der Waals surface area contributed by atoms with Crippen LogP contribution < -0.4 is 4.90 Å². The largest absolute Gasteiger partial charge is 0.506 e. The molecule has 0 aromatic heterocycles. The maximum Gasteiger partial charge on any atom is 0.243 e. The molecule has 2 aromatic carbocycles. The maximum atomic E-state index is 12.6. The van der Waals surface area contributed by atoms with Crippen LogP contribution >= 0.6 is 11.6 Å². The Bertz CT molecular complexity index is 802. The van der Waals surface area contributed by atoms with Crippen LogP contribution in [0.1, 0.15) is 0 Å². The third kappa shape index (κ3) is 3.29. The molecule has 0 spiro atoms. The lowest BCUT2D eigenvalue weighted by molar-refractivity contribution is 0.382. The van der Waals surface area contributed by atoms with Crippen molar-refractivity contribution >= 4 is 27.3 Å². The molecule has 0 amide bonds. The zero-order chi connectivity index (χ0) is 16.4. The van der Waals surface area contributed by atoms with Crippen LogP contribution in [0.5, 0.6) is 5.75 Å². The molecule has 5 nitrogen and oxygen atoms in total. The number of halogens is 1. The summed E-state index contributed by atoms with van der Waals surface area (Å²) in [5.41, 5.74) is 0.729. The van der Waals surface area contributed by atoms with E-state index in [-0.39, 0.29) is 10.6 Å². The van der Waals surface area contributed by atoms with Gasteiger partial charge in [0.25, 0.3) is 0 Å². The lowest BCUT2D eigenvalue weighted by Gasteiger charge is -2.35. The van der Waals surface area contributed by atoms with Crippen molar-refractivity contribution in [2.75, 3.05) is 31.1 Å². The van der Waals surface area contributed by atoms with Gasteiger partial charge < -0.3 is 10.0 Å². The van der Waals surface area contributed by atoms with Crippen LogP contribution in [-0.2, 0) is 10.0 Å². The molecule has 1 aliphatic rings. The number of hydrogen-bond donors (Lipinski definition) is 1. The first-order chi connectivity index (χ1) is 11.0. The first kappa shape index (κ1) is 16.1. The SMILES string of the molecule is O=S(=O)(c1cccc(Cl)c1)N1CCN(c2ccccc2O)CC1. The van der Waals surface area contributed by atoms with Gasteiger partial charge in [-0.2, -0.15) is 4.31 Å². The summed E-state index contributed by atoms with van der Waals surface area (Å²) >= 11 is 5.89. The van der Waals surface area contributed by atoms with E-state index in [1.165, 1.54) is 10.4 Å². The number of para-hydroxylation sites is 2. The Labute approximate surface area is 140 Å². The van der Waals surface area contributed by atoms with Crippen molar-refractivity contribution in [2.45, 2.75) is 4.90 Å². The highest BCUT2D eigenvalue weighted by atomic mass is 35.5. The predicted octanol–water partition coefficient (Wildman–Crippen LogP) is 2.56. The van der Waals surface area contributed by atoms with Crippen LogP contribution in [0.4, 0.5) is 5.69 Å². The van der Waals surface area contributed by atoms with E-state index in [0.29, 0.717) is 31.2 Å². The number of sulfonamides is 1. The van der Waals surface area contributed by atoms with Gasteiger partial charge in [0.15, 0.2) is 0 Å². The minimum Gasteiger partial charge on any atom is -0.506 e. The van der Waals surface area contributed by atoms with Crippen LogP contribution in [0.2, 0.25) is 5.02 Å². The predicted molar refractivity (Wildman–Crippen MR) is 90.5 cm³/mol. The van der Waals surface area contributed by atoms with Crippen LogP contribution in [-0.4, -0.2) is 44.0 Å². The van der Waals surface area contributed by atoms with E-state index in [1.54, 1.807) is 30.3 Å². The molecule has 0 bridgehead atoms. The third-order valence-corrected chi connectivity index (χ3v) is 6.02. The molecule has 23 heavy (non-hydrogen) atoms. The third-order valence-electron chi connectivity index (χ3n) is 3.89. The molecule has 0 radical (unpaired) electrons. The van der Waals surface area contributed by atoms with Crippen LogP contribution in [0, 0.1) is 0 Å². The average Bonchev–Trinajstić information content (AvgIpc) is 2.55. The second kappa shape index (κ2) is 6.39. The average molecular weight is 353 g/mol. The van der Waals surface area contributed by atoms with Gasteiger partial charge in [0.2, 0.25) is 10.0 Å². The Morgan fingerprint density at radius 3 is 2.30 bits per heavy atom. The first-order valence-corrected chi connectivity index (χ1v) is 9.09. The Balaban J connectivity index is 1.75. The van der Waals surface area contributed by atoms with Gasteiger partial charge in [-0.25, -0.2) is 8.42 Å². The van der Waals surface area contributed by atoms with Crippen molar-refractivity contribution in [3.05, 3.63) is 53.6 Å². The number of phenolic OH excluding ortho intramolecular Hbond substituents is 1. The Morgan fingerprint density at radius 1 is 0.957 bits per heavy atom. The highest BCUT2D eigenvalue weighted by molar-refractivity contribution is 7.89. The molecule has 3 rings (SSSR count). The summed E-state index contributed by atoms with van der Waals surface area (Å²) < 4.78 is 26.8. The van der Waals surface area contributed by atoms with Crippen LogP contribution in [0.25, 0.3) is 0 Å². The van der Waals surface area contributed by atoms with E-state index < -0.39 is 10.0 Å². The highest BCUT2D eigenvalue weighted by Gasteiger charge is 2.29. The van der Waals surface area contributed by atoms with E-state index in [0.717, 1.165) is 5.69 Å². The van der Waals surface area contributed by atoms with Crippen LogP contribution in [0.3, 0.4) is 0 Å². The summed E-state index contributed by atoms with van der Waals surface area (Å²) in [4.78, 5) is 2.19. The van der Waals surface area contributed by atoms with E-state index in [1.807, 2.05) is 17.0 Å². The molecule has 1 N–H and O–H groups in total. The molecule has 2 aromatic rings. The van der Waals surface area contributed by atoms with Gasteiger partial charge in [0.1, 0.15) is 5.75 Å². The Kier molecular flexibility index (Phi) is 4.48. The van der Waals surface area contributed by atoms with E-state index in [2.05, 4.69) is 0 Å². The van der Waals surface area contributed by atoms with Gasteiger partial charge in [-0.3, -0.25) is 0 Å². The molecule has 1 heterocycles. The van der Waals surface area contributed by atoms with Crippen molar-refractivity contribution in [3.8, 4) is 5.75 Å². The molecule has 0 saturated carbocycles. The summed E-state index contributed by atoms with van der Waals surface area (Å²) in [6.45, 7) is 1.78.